The number of nitrogens with zero attached hydrogens (tertiary/aromatic N) is 4. The summed E-state index contributed by atoms with van der Waals surface area (Å²) in [5, 5.41) is 16.6. The van der Waals surface area contributed by atoms with Crippen LogP contribution in [0.5, 0.6) is 11.5 Å². The van der Waals surface area contributed by atoms with Crippen molar-refractivity contribution in [1.82, 2.24) is 14.8 Å². The lowest BCUT2D eigenvalue weighted by molar-refractivity contribution is -0.389. The summed E-state index contributed by atoms with van der Waals surface area (Å²) in [6.07, 6.45) is -4.67. The van der Waals surface area contributed by atoms with Gasteiger partial charge in [0.05, 0.1) is 22.8 Å². The Bertz CT molecular complexity index is 1650. The van der Waals surface area contributed by atoms with E-state index in [2.05, 4.69) is 15.4 Å². The second kappa shape index (κ2) is 10.2. The molecule has 40 heavy (non-hydrogen) atoms. The van der Waals surface area contributed by atoms with Crippen LogP contribution in [0.4, 0.5) is 33.9 Å². The Kier molecular flexibility index (Phi) is 7.15. The summed E-state index contributed by atoms with van der Waals surface area (Å²) in [5.74, 6) is -2.68. The molecule has 0 fully saturated rings. The Morgan fingerprint density at radius 2 is 1.73 bits per heavy atom. The van der Waals surface area contributed by atoms with E-state index in [1.807, 2.05) is 0 Å². The minimum Gasteiger partial charge on any atom is -0.457 e. The van der Waals surface area contributed by atoms with E-state index in [0.29, 0.717) is 10.7 Å². The molecule has 0 saturated carbocycles. The van der Waals surface area contributed by atoms with Gasteiger partial charge in [-0.2, -0.15) is 23.0 Å². The molecular formula is C25H19F4N5O6. The van der Waals surface area contributed by atoms with Gasteiger partial charge in [-0.1, -0.05) is 0 Å². The smallest absolute Gasteiger partial charge is 0.435 e. The summed E-state index contributed by atoms with van der Waals surface area (Å²) in [6.45, 7) is 4.70. The van der Waals surface area contributed by atoms with Crippen LogP contribution in [0, 0.1) is 15.9 Å². The van der Waals surface area contributed by atoms with Crippen LogP contribution in [-0.4, -0.2) is 37.3 Å². The van der Waals surface area contributed by atoms with Gasteiger partial charge in [-0.05, 0) is 61.0 Å². The van der Waals surface area contributed by atoms with Crippen LogP contribution in [0.3, 0.4) is 0 Å². The quantitative estimate of drug-likeness (QED) is 0.170. The van der Waals surface area contributed by atoms with Crippen LogP contribution in [0.1, 0.15) is 36.8 Å². The number of fused-ring (bicyclic) bond motifs is 1. The van der Waals surface area contributed by atoms with E-state index in [9.17, 15) is 37.3 Å². The number of nitro groups is 1. The van der Waals surface area contributed by atoms with Gasteiger partial charge in [0, 0.05) is 17.5 Å². The zero-order valence-electron chi connectivity index (χ0n) is 20.9. The summed E-state index contributed by atoms with van der Waals surface area (Å²) in [7, 11) is 0. The Morgan fingerprint density at radius 3 is 2.35 bits per heavy atom. The van der Waals surface area contributed by atoms with Gasteiger partial charge in [-0.15, -0.1) is 0 Å². The van der Waals surface area contributed by atoms with Crippen molar-refractivity contribution in [2.45, 2.75) is 32.5 Å². The van der Waals surface area contributed by atoms with Crippen molar-refractivity contribution >= 4 is 34.4 Å². The van der Waals surface area contributed by atoms with Crippen molar-refractivity contribution < 1.29 is 41.5 Å². The molecule has 0 radical (unpaired) electrons. The molecule has 0 aliphatic heterocycles. The van der Waals surface area contributed by atoms with Crippen molar-refractivity contribution in [3.63, 3.8) is 0 Å². The standard InChI is InChI=1S/C25H19F4N5O6/c1-24(2,3)40-23(36)33-19-7-4-13(25(27,28)29)10-16(19)21(32-33)22(35)31-18-6-5-14(11-17(18)26)39-15-8-9-30-20(12-15)34(37)38/h4-12H,1-3H3,(H,31,35). The van der Waals surface area contributed by atoms with Crippen LogP contribution in [-0.2, 0) is 10.9 Å². The Labute approximate surface area is 222 Å². The van der Waals surface area contributed by atoms with E-state index in [0.717, 1.165) is 36.5 Å². The summed E-state index contributed by atoms with van der Waals surface area (Å²) in [6, 6.07) is 7.90. The molecule has 2 heterocycles. The van der Waals surface area contributed by atoms with Gasteiger partial charge >= 0.3 is 18.1 Å². The largest absolute Gasteiger partial charge is 0.457 e. The van der Waals surface area contributed by atoms with Gasteiger partial charge < -0.3 is 24.9 Å². The molecule has 0 aliphatic rings. The number of carbonyl (C=O) groups is 2. The number of ether oxygens (including phenoxy) is 2. The molecule has 0 spiro atoms. The zero-order chi connectivity index (χ0) is 29.4. The zero-order valence-corrected chi connectivity index (χ0v) is 20.9. The number of rotatable bonds is 5. The molecular weight excluding hydrogens is 542 g/mol. The van der Waals surface area contributed by atoms with Gasteiger partial charge in [0.25, 0.3) is 5.91 Å². The first-order chi connectivity index (χ1) is 18.6. The number of benzene rings is 2. The van der Waals surface area contributed by atoms with Gasteiger partial charge in [0.1, 0.15) is 29.1 Å². The average Bonchev–Trinajstić information content (AvgIpc) is 3.24. The Hall–Kier alpha value is -5.08. The summed E-state index contributed by atoms with van der Waals surface area (Å²) in [5.41, 5.74) is -3.18. The SMILES string of the molecule is CC(C)(C)OC(=O)n1nc(C(=O)Nc2ccc(Oc3ccnc([N+](=O)[O-])c3)cc2F)c2cc(C(F)(F)F)ccc21. The first-order valence-corrected chi connectivity index (χ1v) is 11.3. The number of aromatic nitrogens is 3. The summed E-state index contributed by atoms with van der Waals surface area (Å²) < 4.78 is 66.2. The number of hydrogen-bond donors (Lipinski definition) is 1. The molecule has 4 aromatic rings. The molecule has 11 nitrogen and oxygen atoms in total. The van der Waals surface area contributed by atoms with Gasteiger partial charge in [0.2, 0.25) is 0 Å². The number of pyridine rings is 1. The lowest BCUT2D eigenvalue weighted by atomic mass is 10.1. The molecule has 1 N–H and O–H groups in total. The normalized spacial score (nSPS) is 11.8. The summed E-state index contributed by atoms with van der Waals surface area (Å²) >= 11 is 0. The fourth-order valence-electron chi connectivity index (χ4n) is 3.45. The third-order valence-electron chi connectivity index (χ3n) is 5.12. The molecule has 0 saturated heterocycles. The first kappa shape index (κ1) is 27.9. The van der Waals surface area contributed by atoms with Crippen LogP contribution in [0.25, 0.3) is 10.9 Å². The van der Waals surface area contributed by atoms with Gasteiger partial charge in [-0.25, -0.2) is 9.18 Å². The molecule has 1 amide bonds. The molecule has 0 aliphatic carbocycles. The number of nitrogens with one attached hydrogen (secondary N) is 1. The highest BCUT2D eigenvalue weighted by molar-refractivity contribution is 6.12. The molecule has 2 aromatic heterocycles. The maximum absolute atomic E-state index is 14.8. The average molecular weight is 561 g/mol. The maximum atomic E-state index is 14.8. The Morgan fingerprint density at radius 1 is 1.02 bits per heavy atom. The first-order valence-electron chi connectivity index (χ1n) is 11.3. The number of hydrogen-bond acceptors (Lipinski definition) is 8. The van der Waals surface area contributed by atoms with Crippen molar-refractivity contribution in [3.05, 3.63) is 81.9 Å². The number of halogens is 4. The van der Waals surface area contributed by atoms with E-state index < -0.39 is 51.6 Å². The Balaban J connectivity index is 1.65. The molecule has 0 bridgehead atoms. The van der Waals surface area contributed by atoms with Crippen molar-refractivity contribution in [1.29, 1.82) is 0 Å². The number of carbonyl (C=O) groups excluding carboxylic acids is 2. The molecule has 15 heteroatoms. The third-order valence-corrected chi connectivity index (χ3v) is 5.12. The molecule has 208 valence electrons. The highest BCUT2D eigenvalue weighted by Crippen LogP contribution is 2.33. The fourth-order valence-corrected chi connectivity index (χ4v) is 3.45. The highest BCUT2D eigenvalue weighted by atomic mass is 19.4. The second-order valence-corrected chi connectivity index (χ2v) is 9.28. The second-order valence-electron chi connectivity index (χ2n) is 9.28. The van der Waals surface area contributed by atoms with Crippen molar-refractivity contribution in [2.75, 3.05) is 5.32 Å². The molecule has 2 aromatic carbocycles. The lowest BCUT2D eigenvalue weighted by Crippen LogP contribution is -2.28. The van der Waals surface area contributed by atoms with Crippen molar-refractivity contribution in [3.8, 4) is 11.5 Å². The molecule has 0 atom stereocenters. The van der Waals surface area contributed by atoms with Gasteiger partial charge in [-0.3, -0.25) is 4.79 Å². The van der Waals surface area contributed by atoms with E-state index in [1.54, 1.807) is 20.8 Å². The topological polar surface area (TPSA) is 138 Å². The van der Waals surface area contributed by atoms with Crippen LogP contribution < -0.4 is 10.1 Å². The van der Waals surface area contributed by atoms with Crippen molar-refractivity contribution in [2.24, 2.45) is 0 Å². The fraction of sp³-hybridized carbons (Fsp3) is 0.200. The van der Waals surface area contributed by atoms with Crippen LogP contribution >= 0.6 is 0 Å². The number of alkyl halides is 3. The number of anilines is 1. The molecule has 0 unspecified atom stereocenters. The van der Waals surface area contributed by atoms with E-state index in [-0.39, 0.29) is 28.1 Å². The predicted octanol–water partition coefficient (Wildman–Crippen LogP) is 6.33. The third kappa shape index (κ3) is 6.14. The van der Waals surface area contributed by atoms with Crippen LogP contribution in [0.2, 0.25) is 0 Å². The monoisotopic (exact) mass is 561 g/mol. The number of amides is 1. The summed E-state index contributed by atoms with van der Waals surface area (Å²) in [4.78, 5) is 39.4. The minimum absolute atomic E-state index is 0.00231. The van der Waals surface area contributed by atoms with E-state index in [1.165, 1.54) is 12.1 Å². The van der Waals surface area contributed by atoms with Gasteiger partial charge in [0.15, 0.2) is 5.69 Å². The minimum atomic E-state index is -4.76. The van der Waals surface area contributed by atoms with E-state index in [4.69, 9.17) is 9.47 Å². The highest BCUT2D eigenvalue weighted by Gasteiger charge is 2.33. The molecule has 4 rings (SSSR count). The lowest BCUT2D eigenvalue weighted by Gasteiger charge is -2.19. The maximum Gasteiger partial charge on any atom is 0.435 e. The van der Waals surface area contributed by atoms with E-state index >= 15 is 0 Å². The van der Waals surface area contributed by atoms with Crippen LogP contribution in [0.15, 0.2) is 54.7 Å². The predicted molar refractivity (Wildman–Crippen MR) is 132 cm³/mol.